The fraction of sp³-hybridized carbons (Fsp3) is 0.500. The average molecular weight is 187 g/mol. The number of alkyl halides is 1. The molecule has 0 N–H and O–H groups in total. The Hall–Kier alpha value is -0.770. The topological polar surface area (TPSA) is 30.0 Å². The molecule has 0 amide bonds. The van der Waals surface area contributed by atoms with Crippen LogP contribution < -0.4 is 0 Å². The summed E-state index contributed by atoms with van der Waals surface area (Å²) in [5.41, 5.74) is -1.45. The van der Waals surface area contributed by atoms with Crippen molar-refractivity contribution in [1.29, 1.82) is 0 Å². The van der Waals surface area contributed by atoms with Gasteiger partial charge in [-0.05, 0) is 13.8 Å². The zero-order valence-corrected chi connectivity index (χ0v) is 8.04. The Balaban J connectivity index is 3.00. The number of aromatic nitrogens is 1. The zero-order valence-electron chi connectivity index (χ0n) is 7.22. The van der Waals surface area contributed by atoms with Gasteiger partial charge in [0.05, 0.1) is 4.88 Å². The lowest BCUT2D eigenvalue weighted by Crippen LogP contribution is -2.07. The molecule has 0 bridgehead atoms. The van der Waals surface area contributed by atoms with Gasteiger partial charge in [0.25, 0.3) is 0 Å². The van der Waals surface area contributed by atoms with Crippen LogP contribution in [0.4, 0.5) is 4.39 Å². The van der Waals surface area contributed by atoms with Gasteiger partial charge in [0.1, 0.15) is 5.01 Å². The summed E-state index contributed by atoms with van der Waals surface area (Å²) in [6, 6.07) is 0. The molecule has 1 rings (SSSR count). The molecular formula is C8H10FNOS. The van der Waals surface area contributed by atoms with Gasteiger partial charge in [0.2, 0.25) is 0 Å². The molecule has 0 aliphatic rings. The normalized spacial score (nSPS) is 11.7. The van der Waals surface area contributed by atoms with Crippen molar-refractivity contribution in [1.82, 2.24) is 4.98 Å². The number of hydrogen-bond acceptors (Lipinski definition) is 3. The van der Waals surface area contributed by atoms with E-state index in [0.29, 0.717) is 9.88 Å². The van der Waals surface area contributed by atoms with Gasteiger partial charge in [-0.3, -0.25) is 4.79 Å². The molecule has 0 atom stereocenters. The molecule has 2 nitrogen and oxygen atoms in total. The van der Waals surface area contributed by atoms with Crippen LogP contribution in [0.2, 0.25) is 0 Å². The Morgan fingerprint density at radius 3 is 2.50 bits per heavy atom. The lowest BCUT2D eigenvalue weighted by Gasteiger charge is -2.08. The van der Waals surface area contributed by atoms with E-state index in [1.54, 1.807) is 0 Å². The Morgan fingerprint density at radius 1 is 1.67 bits per heavy atom. The first-order valence-corrected chi connectivity index (χ1v) is 4.39. The molecule has 0 saturated heterocycles. The number of carbonyl (C=O) groups is 1. The van der Waals surface area contributed by atoms with Crippen molar-refractivity contribution >= 4 is 17.1 Å². The van der Waals surface area contributed by atoms with E-state index in [2.05, 4.69) is 4.98 Å². The van der Waals surface area contributed by atoms with Crippen LogP contribution in [0, 0.1) is 0 Å². The van der Waals surface area contributed by atoms with E-state index in [0.717, 1.165) is 11.3 Å². The fourth-order valence-corrected chi connectivity index (χ4v) is 1.52. The maximum Gasteiger partial charge on any atom is 0.171 e. The summed E-state index contributed by atoms with van der Waals surface area (Å²) < 4.78 is 13.2. The van der Waals surface area contributed by atoms with Crippen molar-refractivity contribution in [3.63, 3.8) is 0 Å². The van der Waals surface area contributed by atoms with Crippen LogP contribution in [0.15, 0.2) is 6.20 Å². The van der Waals surface area contributed by atoms with Crippen molar-refractivity contribution in [2.45, 2.75) is 26.4 Å². The van der Waals surface area contributed by atoms with Gasteiger partial charge < -0.3 is 0 Å². The zero-order chi connectivity index (χ0) is 9.35. The summed E-state index contributed by atoms with van der Waals surface area (Å²) >= 11 is 1.11. The molecule has 0 saturated carbocycles. The molecule has 12 heavy (non-hydrogen) atoms. The van der Waals surface area contributed by atoms with Crippen LogP contribution in [0.25, 0.3) is 0 Å². The van der Waals surface area contributed by atoms with Gasteiger partial charge in [0.15, 0.2) is 11.5 Å². The standard InChI is InChI=1S/C8H10FNOS/c1-5(11)6-4-10-7(12-6)8(2,3)9/h4H,1-3H3. The van der Waals surface area contributed by atoms with E-state index in [-0.39, 0.29) is 5.78 Å². The minimum atomic E-state index is -1.45. The quantitative estimate of drug-likeness (QED) is 0.666. The summed E-state index contributed by atoms with van der Waals surface area (Å²) in [5, 5.41) is 0.354. The number of thiazole rings is 1. The largest absolute Gasteiger partial charge is 0.294 e. The second-order valence-electron chi connectivity index (χ2n) is 3.06. The number of ketones is 1. The summed E-state index contributed by atoms with van der Waals surface area (Å²) in [4.78, 5) is 15.2. The van der Waals surface area contributed by atoms with Crippen molar-refractivity contribution in [2.75, 3.05) is 0 Å². The molecule has 1 heterocycles. The van der Waals surface area contributed by atoms with Crippen LogP contribution >= 0.6 is 11.3 Å². The third-order valence-electron chi connectivity index (χ3n) is 1.36. The molecule has 0 spiro atoms. The minimum Gasteiger partial charge on any atom is -0.294 e. The van der Waals surface area contributed by atoms with E-state index in [4.69, 9.17) is 0 Å². The van der Waals surface area contributed by atoms with Gasteiger partial charge in [0, 0.05) is 13.1 Å². The van der Waals surface area contributed by atoms with Gasteiger partial charge in [-0.2, -0.15) is 0 Å². The highest BCUT2D eigenvalue weighted by molar-refractivity contribution is 7.13. The highest BCUT2D eigenvalue weighted by Gasteiger charge is 2.23. The lowest BCUT2D eigenvalue weighted by atomic mass is 10.2. The maximum atomic E-state index is 13.2. The van der Waals surface area contributed by atoms with Crippen molar-refractivity contribution in [3.05, 3.63) is 16.1 Å². The second-order valence-corrected chi connectivity index (χ2v) is 4.09. The number of halogens is 1. The molecule has 1 aromatic rings. The Labute approximate surface area is 74.4 Å². The van der Waals surface area contributed by atoms with Crippen molar-refractivity contribution in [3.8, 4) is 0 Å². The SMILES string of the molecule is CC(=O)c1cnc(C(C)(C)F)s1. The van der Waals surface area contributed by atoms with Crippen LogP contribution in [-0.4, -0.2) is 10.8 Å². The molecule has 1 aromatic heterocycles. The van der Waals surface area contributed by atoms with Gasteiger partial charge >= 0.3 is 0 Å². The average Bonchev–Trinajstić information content (AvgIpc) is 2.30. The van der Waals surface area contributed by atoms with Crippen LogP contribution in [0.5, 0.6) is 0 Å². The monoisotopic (exact) mass is 187 g/mol. The third-order valence-corrected chi connectivity index (χ3v) is 2.76. The van der Waals surface area contributed by atoms with E-state index in [1.807, 2.05) is 0 Å². The first-order valence-electron chi connectivity index (χ1n) is 3.57. The first-order chi connectivity index (χ1) is 5.41. The number of carbonyl (C=O) groups excluding carboxylic acids is 1. The molecule has 66 valence electrons. The van der Waals surface area contributed by atoms with E-state index >= 15 is 0 Å². The van der Waals surface area contributed by atoms with Crippen LogP contribution in [-0.2, 0) is 5.67 Å². The molecule has 0 radical (unpaired) electrons. The summed E-state index contributed by atoms with van der Waals surface area (Å²) in [5.74, 6) is -0.0667. The van der Waals surface area contributed by atoms with E-state index in [1.165, 1.54) is 27.0 Å². The maximum absolute atomic E-state index is 13.2. The predicted molar refractivity (Wildman–Crippen MR) is 46.3 cm³/mol. The van der Waals surface area contributed by atoms with E-state index in [9.17, 15) is 9.18 Å². The highest BCUT2D eigenvalue weighted by Crippen LogP contribution is 2.28. The van der Waals surface area contributed by atoms with Crippen molar-refractivity contribution < 1.29 is 9.18 Å². The molecular weight excluding hydrogens is 177 g/mol. The van der Waals surface area contributed by atoms with E-state index < -0.39 is 5.67 Å². The van der Waals surface area contributed by atoms with Gasteiger partial charge in [-0.25, -0.2) is 9.37 Å². The number of nitrogens with zero attached hydrogens (tertiary/aromatic N) is 1. The highest BCUT2D eigenvalue weighted by atomic mass is 32.1. The molecule has 0 aliphatic heterocycles. The summed E-state index contributed by atoms with van der Waals surface area (Å²) in [6.07, 6.45) is 1.42. The van der Waals surface area contributed by atoms with Crippen LogP contribution in [0.3, 0.4) is 0 Å². The molecule has 0 aliphatic carbocycles. The second kappa shape index (κ2) is 2.94. The Kier molecular flexibility index (Phi) is 2.28. The number of rotatable bonds is 2. The third kappa shape index (κ3) is 1.88. The molecule has 0 aromatic carbocycles. The molecule has 0 fully saturated rings. The molecule has 0 unspecified atom stereocenters. The Bertz CT molecular complexity index is 300. The molecule has 4 heteroatoms. The predicted octanol–water partition coefficient (Wildman–Crippen LogP) is 2.55. The van der Waals surface area contributed by atoms with Crippen molar-refractivity contribution in [2.24, 2.45) is 0 Å². The fourth-order valence-electron chi connectivity index (χ4n) is 0.712. The first kappa shape index (κ1) is 9.32. The number of hydrogen-bond donors (Lipinski definition) is 0. The Morgan fingerprint density at radius 2 is 2.25 bits per heavy atom. The smallest absolute Gasteiger partial charge is 0.171 e. The minimum absolute atomic E-state index is 0.0667. The summed E-state index contributed by atoms with van der Waals surface area (Å²) in [7, 11) is 0. The van der Waals surface area contributed by atoms with Gasteiger partial charge in [-0.15, -0.1) is 11.3 Å². The summed E-state index contributed by atoms with van der Waals surface area (Å²) in [6.45, 7) is 4.30. The number of Topliss-reactive ketones (excluding diaryl/α,β-unsaturated/α-hetero) is 1. The van der Waals surface area contributed by atoms with Crippen LogP contribution in [0.1, 0.15) is 35.5 Å². The van der Waals surface area contributed by atoms with Gasteiger partial charge in [-0.1, -0.05) is 0 Å². The lowest BCUT2D eigenvalue weighted by molar-refractivity contribution is 0.102.